The van der Waals surface area contributed by atoms with Crippen LogP contribution in [0.25, 0.3) is 291 Å². The number of hydrogen-bond acceptors (Lipinski definition) is 1. The predicted molar refractivity (Wildman–Crippen MR) is 314 cm³/mol. The summed E-state index contributed by atoms with van der Waals surface area (Å²) < 4.78 is 0. The molecule has 0 N–H and O–H groups in total. The summed E-state index contributed by atoms with van der Waals surface area (Å²) in [6.45, 7) is 3.43. The van der Waals surface area contributed by atoms with Crippen molar-refractivity contribution in [2.24, 2.45) is 0 Å². The molecule has 1 heterocycles. The van der Waals surface area contributed by atoms with E-state index < -0.39 is 0 Å². The van der Waals surface area contributed by atoms with Crippen molar-refractivity contribution in [1.29, 1.82) is 0 Å². The van der Waals surface area contributed by atoms with E-state index in [-0.39, 0.29) is 16.9 Å². The van der Waals surface area contributed by atoms with Gasteiger partial charge in [-0.15, -0.1) is 0 Å². The third-order valence-corrected chi connectivity index (χ3v) is 27.0. The van der Waals surface area contributed by atoms with Gasteiger partial charge in [0.1, 0.15) is 0 Å². The van der Waals surface area contributed by atoms with Gasteiger partial charge in [0.15, 0.2) is 0 Å². The Kier molecular flexibility index (Phi) is 2.61. The summed E-state index contributed by atoms with van der Waals surface area (Å²) in [5, 5.41) is 90.9. The lowest BCUT2D eigenvalue weighted by Gasteiger charge is -2.52. The second kappa shape index (κ2) is 6.70. The van der Waals surface area contributed by atoms with Gasteiger partial charge >= 0.3 is 0 Å². The summed E-state index contributed by atoms with van der Waals surface area (Å²) in [7, 11) is 2.61. The van der Waals surface area contributed by atoms with Crippen molar-refractivity contribution in [2.75, 3.05) is 13.6 Å². The highest BCUT2D eigenvalue weighted by atomic mass is 15.2. The van der Waals surface area contributed by atoms with E-state index >= 15 is 0 Å². The zero-order chi connectivity index (χ0) is 44.5. The molecule has 4 aliphatic carbocycles. The molecular formula is C73H19N. The number of likely N-dealkylation sites (N-methyl/N-ethyl adjacent to an activating group) is 1. The average Bonchev–Trinajstić information content (AvgIpc) is 3.64. The van der Waals surface area contributed by atoms with Gasteiger partial charge in [0.25, 0.3) is 0 Å². The first-order valence-corrected chi connectivity index (χ1v) is 28.3. The van der Waals surface area contributed by atoms with E-state index in [9.17, 15) is 0 Å². The first kappa shape index (κ1) is 28.8. The van der Waals surface area contributed by atoms with Crippen molar-refractivity contribution >= 4 is 291 Å². The molecule has 1 unspecified atom stereocenters. The van der Waals surface area contributed by atoms with Crippen LogP contribution in [0.2, 0.25) is 0 Å². The highest BCUT2D eigenvalue weighted by molar-refractivity contribution is 6.82. The second-order valence-corrected chi connectivity index (χ2v) is 27.6. The van der Waals surface area contributed by atoms with Gasteiger partial charge in [0.2, 0.25) is 0 Å². The molecule has 1 saturated heterocycles. The molecule has 1 heteroatoms. The van der Waals surface area contributed by atoms with Gasteiger partial charge in [-0.2, -0.15) is 0 Å². The Morgan fingerprint density at radius 1 is 0.338 bits per heavy atom. The van der Waals surface area contributed by atoms with Crippen molar-refractivity contribution in [3.63, 3.8) is 0 Å². The summed E-state index contributed by atoms with van der Waals surface area (Å²) in [6, 6.07) is 10.5. The van der Waals surface area contributed by atoms with Gasteiger partial charge in [-0.25, -0.2) is 0 Å². The minimum absolute atomic E-state index is 0.194. The van der Waals surface area contributed by atoms with E-state index in [2.05, 4.69) is 43.1 Å². The Bertz CT molecular complexity index is 7310. The Balaban J connectivity index is 1.11. The van der Waals surface area contributed by atoms with Gasteiger partial charge in [-0.05, 0) is 344 Å². The fourth-order valence-corrected chi connectivity index (χ4v) is 26.9. The molecule has 29 aromatic rings. The van der Waals surface area contributed by atoms with Crippen molar-refractivity contribution in [2.45, 2.75) is 43.1 Å². The molecular weight excluding hydrogens is 891 g/mol. The van der Waals surface area contributed by atoms with Gasteiger partial charge < -0.3 is 0 Å². The lowest BCUT2D eigenvalue weighted by molar-refractivity contribution is 0.271. The maximum Gasteiger partial charge on any atom is 0.0575 e. The highest BCUT2D eigenvalue weighted by Gasteiger charge is 2.75. The monoisotopic (exact) mass is 909 g/mol. The zero-order valence-corrected chi connectivity index (χ0v) is 39.2. The van der Waals surface area contributed by atoms with Crippen molar-refractivity contribution in [3.8, 4) is 0 Å². The molecule has 1 fully saturated rings. The van der Waals surface area contributed by atoms with Crippen LogP contribution < -0.4 is 0 Å². The molecule has 29 aromatic carbocycles. The molecule has 1 aliphatic heterocycles. The minimum atomic E-state index is -0.295. The molecule has 0 amide bonds. The molecule has 1 atom stereocenters. The predicted octanol–water partition coefficient (Wildman–Crippen LogP) is 19.3. The fourth-order valence-electron chi connectivity index (χ4n) is 26.9. The highest BCUT2D eigenvalue weighted by Crippen LogP contribution is 2.87. The van der Waals surface area contributed by atoms with Crippen LogP contribution in [0.1, 0.15) is 59.2 Å². The van der Waals surface area contributed by atoms with E-state index in [1.165, 1.54) is 18.4 Å². The topological polar surface area (TPSA) is 3.24 Å². The number of benzene rings is 19. The fraction of sp³-hybridized carbons (Fsp3) is 0.123. The molecule has 0 radical (unpaired) electrons. The molecule has 316 valence electrons. The molecule has 74 heavy (non-hydrogen) atoms. The van der Waals surface area contributed by atoms with Crippen LogP contribution in [0.15, 0.2) is 24.3 Å². The standard InChI is InChI=1S/C73H19N/c1-3-4-6-11-7-5-8-12(9-11)71-73-69-63-57-47-35-27-19-15-13-14-17-21(19)29(35)39-33-25(17)26-18(14)22-20-16(13)24-23(15)31-37(27)45-51-41(31)42-32(24)38-28(20)36-30(22)40-34(26)44-43(33)55(49(39)57)65(69)66-56(44)50(40)58-48(36)54-46(38)52(42)60-59(51)67(61(63)53(45)47)72(73,10-74(71)2)68(60)62(54)64(58)70(66)73/h5,7-9,71H,3-4,6,10H2,1-2H3. The number of likely N-dealkylation sites (tertiary alicyclic amines) is 1. The molecule has 0 bridgehead atoms. The number of nitrogens with zero attached hydrogens (tertiary/aromatic N) is 1. The first-order valence-electron chi connectivity index (χ1n) is 28.3. The van der Waals surface area contributed by atoms with Crippen LogP contribution in [0.5, 0.6) is 0 Å². The lowest BCUT2D eigenvalue weighted by atomic mass is 9.47. The molecule has 5 aliphatic rings. The molecule has 1 nitrogen and oxygen atoms in total. The van der Waals surface area contributed by atoms with Crippen molar-refractivity contribution in [1.82, 2.24) is 4.90 Å². The number of rotatable bonds is 4. The third-order valence-electron chi connectivity index (χ3n) is 27.0. The normalized spacial score (nSPS) is 23.3. The zero-order valence-electron chi connectivity index (χ0n) is 39.2. The van der Waals surface area contributed by atoms with E-state index in [4.69, 9.17) is 0 Å². The Labute approximate surface area is 407 Å². The third kappa shape index (κ3) is 1.58. The molecule has 0 saturated carbocycles. The molecule has 2 spiro atoms. The minimum Gasteiger partial charge on any atom is -0.297 e. The summed E-state index contributed by atoms with van der Waals surface area (Å²) in [4.78, 5) is 2.99. The van der Waals surface area contributed by atoms with E-state index in [1.807, 2.05) is 0 Å². The summed E-state index contributed by atoms with van der Waals surface area (Å²) in [5.41, 5.74) is 9.74. The Morgan fingerprint density at radius 3 is 0.838 bits per heavy atom. The summed E-state index contributed by atoms with van der Waals surface area (Å²) >= 11 is 0. The first-order chi connectivity index (χ1) is 36.8. The van der Waals surface area contributed by atoms with Crippen LogP contribution in [-0.2, 0) is 17.3 Å². The number of aryl methyl sites for hydroxylation is 1. The Hall–Kier alpha value is -8.36. The molecule has 0 aromatic heterocycles. The second-order valence-electron chi connectivity index (χ2n) is 27.6. The van der Waals surface area contributed by atoms with Crippen LogP contribution >= 0.6 is 0 Å². The van der Waals surface area contributed by atoms with Gasteiger partial charge in [-0.3, -0.25) is 4.90 Å². The van der Waals surface area contributed by atoms with Crippen molar-refractivity contribution in [3.05, 3.63) is 57.6 Å². The largest absolute Gasteiger partial charge is 0.297 e. The van der Waals surface area contributed by atoms with E-state index in [0.717, 1.165) is 13.0 Å². The van der Waals surface area contributed by atoms with Gasteiger partial charge in [0.05, 0.1) is 10.8 Å². The Morgan fingerprint density at radius 2 is 0.581 bits per heavy atom. The van der Waals surface area contributed by atoms with E-state index in [1.54, 1.807) is 319 Å². The number of unbranched alkanes of at least 4 members (excludes halogenated alkanes) is 1. The average molecular weight is 910 g/mol. The van der Waals surface area contributed by atoms with Gasteiger partial charge in [0, 0.05) is 12.6 Å². The van der Waals surface area contributed by atoms with Crippen LogP contribution in [0, 0.1) is 0 Å². The SMILES string of the molecule is CCCCc1cccc(C2N(C)CC34c5c6c7c8c9c%10c(c%11c%12c3c3c5c5c%13c6c6c7c7c9c9c%14c%10c%10c%11c%11c%12c%12c3c3c5c5c%13c%13c6c6c7c9c7c9c%14c%10c%10c%11c%11c%12c3c3c5c5c%13c6c7c6c9c%10c%11c3c56)C824)c1. The van der Waals surface area contributed by atoms with Gasteiger partial charge in [-0.1, -0.05) is 37.6 Å². The number of hydrogen-bond donors (Lipinski definition) is 0. The quantitative estimate of drug-likeness (QED) is 0.159. The maximum atomic E-state index is 2.99. The van der Waals surface area contributed by atoms with Crippen LogP contribution in [0.3, 0.4) is 0 Å². The maximum absolute atomic E-state index is 2.99. The molecule has 34 rings (SSSR count). The van der Waals surface area contributed by atoms with Crippen molar-refractivity contribution < 1.29 is 0 Å². The smallest absolute Gasteiger partial charge is 0.0575 e. The van der Waals surface area contributed by atoms with E-state index in [0.29, 0.717) is 0 Å². The summed E-state index contributed by atoms with van der Waals surface area (Å²) in [6.07, 6.45) is 3.63. The lowest BCUT2D eigenvalue weighted by Crippen LogP contribution is -2.51. The van der Waals surface area contributed by atoms with Crippen LogP contribution in [-0.4, -0.2) is 18.5 Å². The summed E-state index contributed by atoms with van der Waals surface area (Å²) in [5.74, 6) is 0. The van der Waals surface area contributed by atoms with Crippen LogP contribution in [0.4, 0.5) is 0 Å².